The molecule has 9 heteroatoms. The van der Waals surface area contributed by atoms with Crippen molar-refractivity contribution in [2.75, 3.05) is 19.6 Å². The van der Waals surface area contributed by atoms with Gasteiger partial charge in [-0.05, 0) is 67.7 Å². The Bertz CT molecular complexity index is 817. The molecule has 0 aliphatic carbocycles. The lowest BCUT2D eigenvalue weighted by Crippen LogP contribution is -2.12. The fourth-order valence-corrected chi connectivity index (χ4v) is 3.08. The highest BCUT2D eigenvalue weighted by molar-refractivity contribution is 8.20. The third kappa shape index (κ3) is 13.5. The molecule has 1 heterocycles. The van der Waals surface area contributed by atoms with E-state index < -0.39 is 16.1 Å². The summed E-state index contributed by atoms with van der Waals surface area (Å²) in [4.78, 5) is 8.68. The molecule has 3 rings (SSSR count). The first-order valence-electron chi connectivity index (χ1n) is 10.8. The summed E-state index contributed by atoms with van der Waals surface area (Å²) >= 11 is -5.19. The third-order valence-electron chi connectivity index (χ3n) is 4.35. The molecule has 184 valence electrons. The summed E-state index contributed by atoms with van der Waals surface area (Å²) in [5.41, 5.74) is 1.65. The Morgan fingerprint density at radius 3 is 1.97 bits per heavy atom. The largest absolute Gasteiger partial charge is 0.346 e. The van der Waals surface area contributed by atoms with Gasteiger partial charge in [0.25, 0.3) is 0 Å². The molecule has 2 aromatic rings. The van der Waals surface area contributed by atoms with Crippen LogP contribution in [0, 0.1) is 24.1 Å². The van der Waals surface area contributed by atoms with Crippen molar-refractivity contribution in [3.63, 3.8) is 0 Å². The third-order valence-corrected chi connectivity index (χ3v) is 5.15. The molecule has 33 heavy (non-hydrogen) atoms. The number of halogens is 4. The van der Waals surface area contributed by atoms with Gasteiger partial charge in [-0.2, -0.15) is 5.26 Å². The van der Waals surface area contributed by atoms with Gasteiger partial charge in [-0.1, -0.05) is 51.0 Å². The molecule has 2 N–H and O–H groups in total. The molecule has 0 unspecified atom stereocenters. The number of carbonyl (C=O) groups excluding carboxylic acids is 1. The van der Waals surface area contributed by atoms with Crippen LogP contribution in [0.25, 0.3) is 11.1 Å². The second kappa shape index (κ2) is 17.9. The van der Waals surface area contributed by atoms with E-state index in [1.807, 2.05) is 13.8 Å². The highest BCUT2D eigenvalue weighted by Crippen LogP contribution is 2.60. The van der Waals surface area contributed by atoms with E-state index in [0.29, 0.717) is 23.1 Å². The molecule has 0 aromatic heterocycles. The Balaban J connectivity index is 0.000000561. The number of amides is 1. The van der Waals surface area contributed by atoms with Crippen LogP contribution in [0.1, 0.15) is 45.1 Å². The van der Waals surface area contributed by atoms with Gasteiger partial charge >= 0.3 is 0 Å². The lowest BCUT2D eigenvalue weighted by molar-refractivity contribution is -0.109. The zero-order chi connectivity index (χ0) is 25.1. The van der Waals surface area contributed by atoms with Crippen molar-refractivity contribution in [1.82, 2.24) is 10.6 Å². The minimum atomic E-state index is -5.19. The molecule has 4 nitrogen and oxygen atoms in total. The van der Waals surface area contributed by atoms with Gasteiger partial charge in [0.2, 0.25) is 17.6 Å². The smallest absolute Gasteiger partial charge is 0.237 e. The fraction of sp³-hybridized carbons (Fsp3) is 0.417. The molecule has 0 saturated carbocycles. The summed E-state index contributed by atoms with van der Waals surface area (Å²) in [7, 11) is 0. The molecule has 1 aliphatic heterocycles. The van der Waals surface area contributed by atoms with Gasteiger partial charge in [0.1, 0.15) is 12.4 Å². The minimum absolute atomic E-state index is 0.101. The van der Waals surface area contributed by atoms with Gasteiger partial charge in [0.15, 0.2) is 0 Å². The summed E-state index contributed by atoms with van der Waals surface area (Å²) < 4.78 is 50.7. The summed E-state index contributed by atoms with van der Waals surface area (Å²) in [5, 5.41) is 13.2. The Morgan fingerprint density at radius 1 is 1.00 bits per heavy atom. The standard InChI is InChI=1S/C13H10F4S.C6H13N.C3H4N2O.C2H6/c1-9-2-3-11(8-13(9)14)10-4-6-12(7-5-10)18(15,16)17;1-2-4-6-7-5-3-1;4-1-2-5-3-6;1-2/h2-8H,1H3;7H,1-6H2;3H,2H2,(H,5,6);1-2H3. The number of rotatable bonds is 4. The molecule has 1 fully saturated rings. The second-order valence-corrected chi connectivity index (χ2v) is 8.00. The molecule has 2 aromatic carbocycles. The van der Waals surface area contributed by atoms with Crippen molar-refractivity contribution in [3.05, 3.63) is 53.8 Å². The number of benzene rings is 2. The lowest BCUT2D eigenvalue weighted by atomic mass is 10.0. The number of hydrogen-bond donors (Lipinski definition) is 2. The van der Waals surface area contributed by atoms with E-state index in [1.165, 1.54) is 57.0 Å². The average molecular weight is 488 g/mol. The zero-order valence-corrected chi connectivity index (χ0v) is 20.2. The summed E-state index contributed by atoms with van der Waals surface area (Å²) in [6, 6.07) is 11.1. The van der Waals surface area contributed by atoms with Crippen molar-refractivity contribution in [2.24, 2.45) is 0 Å². The topological polar surface area (TPSA) is 64.9 Å². The Morgan fingerprint density at radius 2 is 1.55 bits per heavy atom. The van der Waals surface area contributed by atoms with Crippen LogP contribution in [-0.4, -0.2) is 26.0 Å². The number of aryl methyl sites for hydroxylation is 1. The maximum absolute atomic E-state index is 13.4. The molecule has 1 aliphatic rings. The quantitative estimate of drug-likeness (QED) is 0.210. The van der Waals surface area contributed by atoms with Gasteiger partial charge in [0, 0.05) is 0 Å². The molecular formula is C24H33F4N3OS. The van der Waals surface area contributed by atoms with Crippen molar-refractivity contribution in [2.45, 2.75) is 51.3 Å². The SMILES string of the molecule is C1CCCNCC1.CC.Cc1ccc(-c2ccc(S(F)(F)F)cc2)cc1F.N#CCNC=O. The molecule has 1 saturated heterocycles. The van der Waals surface area contributed by atoms with Crippen LogP contribution in [0.2, 0.25) is 0 Å². The van der Waals surface area contributed by atoms with Gasteiger partial charge < -0.3 is 10.6 Å². The van der Waals surface area contributed by atoms with Crippen molar-refractivity contribution >= 4 is 17.6 Å². The molecule has 0 radical (unpaired) electrons. The normalized spacial score (nSPS) is 13.2. The van der Waals surface area contributed by atoms with Gasteiger partial charge in [-0.3, -0.25) is 4.79 Å². The molecule has 1 amide bonds. The summed E-state index contributed by atoms with van der Waals surface area (Å²) in [5.74, 6) is -0.363. The number of nitriles is 1. The molecule has 0 atom stereocenters. The zero-order valence-electron chi connectivity index (χ0n) is 19.3. The van der Waals surface area contributed by atoms with E-state index >= 15 is 0 Å². The second-order valence-electron chi connectivity index (χ2n) is 6.72. The number of nitrogens with zero attached hydrogens (tertiary/aromatic N) is 1. The van der Waals surface area contributed by atoms with Crippen molar-refractivity contribution in [1.29, 1.82) is 5.26 Å². The van der Waals surface area contributed by atoms with Crippen LogP contribution < -0.4 is 10.6 Å². The fourth-order valence-electron chi connectivity index (χ4n) is 2.64. The van der Waals surface area contributed by atoms with E-state index in [4.69, 9.17) is 5.26 Å². The van der Waals surface area contributed by atoms with Crippen LogP contribution in [0.15, 0.2) is 47.4 Å². The Hall–Kier alpha value is -2.57. The summed E-state index contributed by atoms with van der Waals surface area (Å²) in [6.45, 7) is 8.23. The minimum Gasteiger partial charge on any atom is -0.346 e. The maximum Gasteiger partial charge on any atom is 0.237 e. The average Bonchev–Trinajstić information content (AvgIpc) is 3.14. The molecule has 0 bridgehead atoms. The number of nitrogens with one attached hydrogen (secondary N) is 2. The highest BCUT2D eigenvalue weighted by atomic mass is 32.3. The van der Waals surface area contributed by atoms with Crippen LogP contribution in [0.5, 0.6) is 0 Å². The van der Waals surface area contributed by atoms with Gasteiger partial charge in [-0.15, -0.1) is 11.7 Å². The first-order chi connectivity index (χ1) is 15.8. The summed E-state index contributed by atoms with van der Waals surface area (Å²) in [6.07, 6.45) is 6.14. The Kier molecular flexibility index (Phi) is 16.5. The Labute approximate surface area is 196 Å². The monoisotopic (exact) mass is 487 g/mol. The van der Waals surface area contributed by atoms with E-state index in [9.17, 15) is 20.8 Å². The van der Waals surface area contributed by atoms with Crippen LogP contribution >= 0.6 is 11.2 Å². The van der Waals surface area contributed by atoms with Crippen LogP contribution in [-0.2, 0) is 4.79 Å². The number of carbonyl (C=O) groups is 1. The van der Waals surface area contributed by atoms with E-state index in [1.54, 1.807) is 25.1 Å². The van der Waals surface area contributed by atoms with Gasteiger partial charge in [-0.25, -0.2) is 4.39 Å². The molecule has 0 spiro atoms. The first kappa shape index (κ1) is 30.4. The van der Waals surface area contributed by atoms with Crippen LogP contribution in [0.4, 0.5) is 16.0 Å². The van der Waals surface area contributed by atoms with Crippen molar-refractivity contribution in [3.8, 4) is 17.2 Å². The predicted octanol–water partition coefficient (Wildman–Crippen LogP) is 7.05. The van der Waals surface area contributed by atoms with Crippen molar-refractivity contribution < 1.29 is 20.8 Å². The first-order valence-corrected chi connectivity index (χ1v) is 12.2. The molecular weight excluding hydrogens is 454 g/mol. The predicted molar refractivity (Wildman–Crippen MR) is 128 cm³/mol. The number of hydrogen-bond acceptors (Lipinski definition) is 3. The van der Waals surface area contributed by atoms with Gasteiger partial charge in [0.05, 0.1) is 11.0 Å². The maximum atomic E-state index is 13.4. The van der Waals surface area contributed by atoms with Crippen LogP contribution in [0.3, 0.4) is 0 Å². The lowest BCUT2D eigenvalue weighted by Gasteiger charge is -2.10. The van der Waals surface area contributed by atoms with E-state index in [2.05, 4.69) is 10.6 Å². The van der Waals surface area contributed by atoms with E-state index in [0.717, 1.165) is 12.1 Å². The highest BCUT2D eigenvalue weighted by Gasteiger charge is 2.23. The van der Waals surface area contributed by atoms with E-state index in [-0.39, 0.29) is 12.4 Å².